The normalized spacial score (nSPS) is 11.9. The molecular weight excluding hydrogens is 1720 g/mol. The average Bonchev–Trinajstić information content (AvgIpc) is 0.806. The lowest BCUT2D eigenvalue weighted by Gasteiger charge is -2.21. The van der Waals surface area contributed by atoms with Crippen LogP contribution in [0.5, 0.6) is 0 Å². The Bertz CT molecular complexity index is 4640. The molecule has 0 aliphatic rings. The smallest absolute Gasteiger partial charge is 0.308 e. The Balaban J connectivity index is 0.000000417. The Morgan fingerprint density at radius 1 is 0.308 bits per heavy atom. The fraction of sp³-hybridized carbons (Fsp3) is 0.450. The van der Waals surface area contributed by atoms with Gasteiger partial charge in [-0.15, -0.1) is 12.8 Å². The van der Waals surface area contributed by atoms with Crippen LogP contribution in [0.1, 0.15) is 163 Å². The van der Waals surface area contributed by atoms with E-state index in [-0.39, 0.29) is 193 Å². The molecule has 0 aromatic heterocycles. The molecule has 0 saturated heterocycles. The van der Waals surface area contributed by atoms with E-state index >= 15 is 0 Å². The number of carbonyl (C=O) groups is 15. The monoisotopic (exact) mass is 1840 g/mol. The van der Waals surface area contributed by atoms with Gasteiger partial charge in [-0.1, -0.05) is 199 Å². The number of carbonyl (C=O) groups excluding carboxylic acids is 15. The van der Waals surface area contributed by atoms with E-state index in [2.05, 4.69) is 37.8 Å². The maximum atomic E-state index is 13.3. The van der Waals surface area contributed by atoms with Crippen LogP contribution in [0.4, 0.5) is 0 Å². The predicted octanol–water partition coefficient (Wildman–Crippen LogP) is 11.5. The number of hydrogen-bond donors (Lipinski definition) is 3. The summed E-state index contributed by atoms with van der Waals surface area (Å²) in [5.74, 6) is -6.01. The summed E-state index contributed by atoms with van der Waals surface area (Å²) in [4.78, 5) is 193. The molecule has 0 bridgehead atoms. The lowest BCUT2D eigenvalue weighted by atomic mass is 9.94. The number of Topliss-reactive ketones (excluding diaryl/α,β-unsaturated/α-hetero) is 6. The standard InChI is InChI=1S/C35H43NO9.C33H39NO9.C32H40N4O9/c1-3-20-42-22-23-43-21-10-15-32(38)31(17-19-34(40)45-26-29-13-8-5-9-14-29)36-35(41)30(24-27(2)37)16-18-33(39)44-25-28-11-6-4-7-12-28;1-3-16-40-18-19-41-17-10-15-30(36)29(22-32(38)43-24-27-13-8-5-9-14-27)34-33(39)28(20-25(2)35)21-31(37)42-23-26-11-6-4-7-12-26;1-24(37)19-27(20-30(39)44-22-25-9-4-2-5-10-25)32(41)35-28(21-31(40)45-23-26-11-6-3-7-12-26)29(38)13-8-15-42-17-18-43-16-14-34-36-33/h1,4-9,11-14,30-31H,10,15-26H2,2H3,(H,36,41);1,4-9,11-14,28-29H,10,15-24H2,2H3,(H,34,39);2-7,9-12,27-28H,8,13-23H2,1H3,(H,35,41)/t30-,31-;28-,29+;27-,28+/m100/s1. The molecule has 0 spiro atoms. The van der Waals surface area contributed by atoms with Crippen molar-refractivity contribution in [2.45, 2.75) is 188 Å². The Hall–Kier alpha value is -13.2. The Labute approximate surface area is 776 Å². The van der Waals surface area contributed by atoms with Gasteiger partial charge in [0, 0.05) is 88.6 Å². The maximum absolute atomic E-state index is 13.3. The number of ketones is 6. The first-order chi connectivity index (χ1) is 64.3. The predicted molar refractivity (Wildman–Crippen MR) is 486 cm³/mol. The van der Waals surface area contributed by atoms with E-state index in [0.717, 1.165) is 33.4 Å². The van der Waals surface area contributed by atoms with Gasteiger partial charge in [-0.25, -0.2) is 0 Å². The van der Waals surface area contributed by atoms with Crippen molar-refractivity contribution in [2.24, 2.45) is 22.9 Å². The molecule has 0 radical (unpaired) electrons. The van der Waals surface area contributed by atoms with E-state index in [1.54, 1.807) is 97.1 Å². The summed E-state index contributed by atoms with van der Waals surface area (Å²) in [6.45, 7) is 7.62. The summed E-state index contributed by atoms with van der Waals surface area (Å²) in [6.07, 6.45) is 9.11. The van der Waals surface area contributed by atoms with Gasteiger partial charge in [0.05, 0.1) is 102 Å². The molecule has 6 rings (SSSR count). The van der Waals surface area contributed by atoms with Crippen LogP contribution in [0.15, 0.2) is 187 Å². The first-order valence-electron chi connectivity index (χ1n) is 43.8. The third-order valence-electron chi connectivity index (χ3n) is 19.2. The number of azide groups is 1. The molecule has 714 valence electrons. The molecule has 6 atom stereocenters. The molecule has 3 amide bonds. The molecule has 0 unspecified atom stereocenters. The highest BCUT2D eigenvalue weighted by Gasteiger charge is 2.34. The van der Waals surface area contributed by atoms with Crippen molar-refractivity contribution in [3.8, 4) is 24.7 Å². The molecule has 0 fully saturated rings. The van der Waals surface area contributed by atoms with Gasteiger partial charge in [0.25, 0.3) is 0 Å². The van der Waals surface area contributed by atoms with Crippen molar-refractivity contribution in [1.29, 1.82) is 0 Å². The number of rotatable bonds is 67. The molecule has 6 aromatic rings. The topological polar surface area (TPSA) is 452 Å². The number of nitrogens with one attached hydrogen (secondary N) is 3. The van der Waals surface area contributed by atoms with Crippen LogP contribution in [0.25, 0.3) is 10.4 Å². The van der Waals surface area contributed by atoms with E-state index < -0.39 is 114 Å². The molecule has 6 aromatic carbocycles. The second-order valence-corrected chi connectivity index (χ2v) is 30.4. The van der Waals surface area contributed by atoms with E-state index in [9.17, 15) is 71.9 Å². The number of amides is 3. The van der Waals surface area contributed by atoms with Crippen molar-refractivity contribution in [2.75, 3.05) is 85.8 Å². The third kappa shape index (κ3) is 55.5. The fourth-order valence-corrected chi connectivity index (χ4v) is 12.4. The highest BCUT2D eigenvalue weighted by molar-refractivity contribution is 5.97. The molecule has 0 heterocycles. The van der Waals surface area contributed by atoms with Crippen LogP contribution in [-0.4, -0.2) is 192 Å². The van der Waals surface area contributed by atoms with E-state index in [1.165, 1.54) is 20.8 Å². The lowest BCUT2D eigenvalue weighted by molar-refractivity contribution is -0.150. The van der Waals surface area contributed by atoms with Crippen LogP contribution in [0.2, 0.25) is 0 Å². The molecule has 0 saturated carbocycles. The average molecular weight is 1840 g/mol. The lowest BCUT2D eigenvalue weighted by Crippen LogP contribution is -2.46. The minimum atomic E-state index is -1.24. The highest BCUT2D eigenvalue weighted by Crippen LogP contribution is 2.21. The molecular formula is C100H122N6O27. The van der Waals surface area contributed by atoms with E-state index in [0.29, 0.717) is 52.3 Å². The second kappa shape index (κ2) is 70.6. The van der Waals surface area contributed by atoms with Gasteiger partial charge in [-0.2, -0.15) is 0 Å². The van der Waals surface area contributed by atoms with Gasteiger partial charge >= 0.3 is 35.8 Å². The molecule has 33 heteroatoms. The summed E-state index contributed by atoms with van der Waals surface area (Å²) in [5.41, 5.74) is 13.0. The van der Waals surface area contributed by atoms with Crippen LogP contribution in [0.3, 0.4) is 0 Å². The summed E-state index contributed by atoms with van der Waals surface area (Å²) < 4.78 is 63.7. The zero-order chi connectivity index (χ0) is 96.7. The summed E-state index contributed by atoms with van der Waals surface area (Å²) in [6, 6.07) is 51.0. The van der Waals surface area contributed by atoms with Gasteiger partial charge in [0.15, 0.2) is 17.3 Å². The van der Waals surface area contributed by atoms with Crippen LogP contribution >= 0.6 is 0 Å². The summed E-state index contributed by atoms with van der Waals surface area (Å²) in [7, 11) is 0. The molecule has 33 nitrogen and oxygen atoms in total. The third-order valence-corrected chi connectivity index (χ3v) is 19.2. The second-order valence-electron chi connectivity index (χ2n) is 30.4. The quantitative estimate of drug-likeness (QED) is 0.00607. The fourth-order valence-electron chi connectivity index (χ4n) is 12.4. The van der Waals surface area contributed by atoms with Gasteiger partial charge in [0.2, 0.25) is 17.7 Å². The van der Waals surface area contributed by atoms with E-state index in [1.807, 2.05) is 84.9 Å². The number of nitrogens with zero attached hydrogens (tertiary/aromatic N) is 3. The zero-order valence-electron chi connectivity index (χ0n) is 75.8. The number of hydrogen-bond acceptors (Lipinski definition) is 28. The molecule has 0 aliphatic heterocycles. The Kier molecular flexibility index (Phi) is 59.5. The van der Waals surface area contributed by atoms with Crippen LogP contribution < -0.4 is 16.0 Å². The minimum absolute atomic E-state index is 0.00430. The Morgan fingerprint density at radius 3 is 0.865 bits per heavy atom. The highest BCUT2D eigenvalue weighted by atomic mass is 16.6. The molecule has 0 aliphatic carbocycles. The van der Waals surface area contributed by atoms with Crippen molar-refractivity contribution in [3.63, 3.8) is 0 Å². The van der Waals surface area contributed by atoms with Gasteiger partial charge in [0.1, 0.15) is 70.2 Å². The van der Waals surface area contributed by atoms with Crippen LogP contribution in [0, 0.1) is 42.4 Å². The van der Waals surface area contributed by atoms with Crippen molar-refractivity contribution < 1.29 is 129 Å². The van der Waals surface area contributed by atoms with Crippen molar-refractivity contribution in [3.05, 3.63) is 226 Å². The SMILES string of the molecule is C#CCOCCOCCCC(=O)[C@@H](CC(=O)OCc1ccccc1)NC(=O)[C@@H](CC(C)=O)CC(=O)OCc1ccccc1.C#CCOCCOCCCC(=O)[C@@H](CCC(=O)OCc1ccccc1)NC(=O)[C@H](CCC(=O)OCc1ccccc1)CC(C)=O.CC(=O)C[C@@H](CC(=O)OCc1ccccc1)C(=O)N[C@H](CC(=O)OCc1ccccc1)C(=O)CCCOCCOCCN=[N+]=[N-]. The molecule has 133 heavy (non-hydrogen) atoms. The van der Waals surface area contributed by atoms with Gasteiger partial charge < -0.3 is 87.2 Å². The first-order valence-corrected chi connectivity index (χ1v) is 43.8. The van der Waals surface area contributed by atoms with Gasteiger partial charge in [-0.3, -0.25) is 57.5 Å². The number of benzene rings is 6. The molecule has 3 N–H and O–H groups in total. The number of esters is 6. The van der Waals surface area contributed by atoms with Crippen molar-refractivity contribution >= 4 is 88.2 Å². The largest absolute Gasteiger partial charge is 0.461 e. The minimum Gasteiger partial charge on any atom is -0.461 e. The van der Waals surface area contributed by atoms with Crippen molar-refractivity contribution in [1.82, 2.24) is 16.0 Å². The van der Waals surface area contributed by atoms with E-state index in [4.69, 9.17) is 75.2 Å². The summed E-state index contributed by atoms with van der Waals surface area (Å²) >= 11 is 0. The van der Waals surface area contributed by atoms with Crippen LogP contribution in [-0.2, 0) is 168 Å². The Morgan fingerprint density at radius 2 is 0.564 bits per heavy atom. The van der Waals surface area contributed by atoms with Gasteiger partial charge in [-0.05, 0) is 91.8 Å². The first kappa shape index (κ1) is 112. The number of terminal acetylenes is 2. The number of ether oxygens (including phenoxy) is 12. The summed E-state index contributed by atoms with van der Waals surface area (Å²) in [5, 5.41) is 11.2. The maximum Gasteiger partial charge on any atom is 0.308 e. The zero-order valence-corrected chi connectivity index (χ0v) is 75.8.